The van der Waals surface area contributed by atoms with Gasteiger partial charge in [0, 0.05) is 32.5 Å². The number of benzene rings is 8. The van der Waals surface area contributed by atoms with E-state index in [-0.39, 0.29) is 20.1 Å². The molecule has 0 N–H and O–H groups in total. The minimum atomic E-state index is 0. The van der Waals surface area contributed by atoms with Crippen LogP contribution in [0.15, 0.2) is 243 Å². The van der Waals surface area contributed by atoms with Gasteiger partial charge in [0.15, 0.2) is 0 Å². The van der Waals surface area contributed by atoms with Crippen molar-refractivity contribution < 1.29 is 20.1 Å². The number of aryl methyl sites for hydroxylation is 2. The molecular formula is C64H52IrN2-2. The van der Waals surface area contributed by atoms with Gasteiger partial charge in [-0.05, 0) is 123 Å². The Morgan fingerprint density at radius 1 is 0.284 bits per heavy atom. The fourth-order valence-electron chi connectivity index (χ4n) is 8.46. The largest absolute Gasteiger partial charge is 0.305 e. The van der Waals surface area contributed by atoms with Gasteiger partial charge in [0.2, 0.25) is 0 Å². The standard InChI is InChI=1S/C35H32N.C29H20N.Ir/c1(4-13-28-14-6-3-7-15-28)2-5-16-29-17-10-18-30(25-29)31-19-11-20-32(26-31)33-21-12-22-34(27-33)35-23-8-9-24-36-35;1-2-9-22(10-3-1)23-11-6-12-24(19-23)25-13-7-14-26(20-25)27-15-8-16-28(21-27)29-17-4-5-18-30-29;/h3,6-12,14-15,17-21,23-27H,1-2,4-5,13,16H2;1-15,17-21H;/q2*-1;. The molecule has 1 radical (unpaired) electrons. The van der Waals surface area contributed by atoms with E-state index in [2.05, 4.69) is 198 Å². The van der Waals surface area contributed by atoms with Crippen LogP contribution in [0.3, 0.4) is 0 Å². The van der Waals surface area contributed by atoms with Crippen LogP contribution in [0.4, 0.5) is 0 Å². The van der Waals surface area contributed by atoms with Gasteiger partial charge in [-0.25, -0.2) is 0 Å². The van der Waals surface area contributed by atoms with Crippen molar-refractivity contribution in [1.82, 2.24) is 9.97 Å². The third kappa shape index (κ3) is 12.7. The van der Waals surface area contributed by atoms with E-state index in [1.807, 2.05) is 67.0 Å². The predicted octanol–water partition coefficient (Wildman–Crippen LogP) is 16.8. The molecular weight excluding hydrogens is 989 g/mol. The minimum Gasteiger partial charge on any atom is -0.305 e. The van der Waals surface area contributed by atoms with Crippen molar-refractivity contribution in [3.05, 3.63) is 266 Å². The Balaban J connectivity index is 0.000000182. The van der Waals surface area contributed by atoms with E-state index in [0.717, 1.165) is 34.5 Å². The van der Waals surface area contributed by atoms with Crippen molar-refractivity contribution in [2.75, 3.05) is 0 Å². The molecule has 0 atom stereocenters. The average molecular weight is 1040 g/mol. The Bertz CT molecular complexity index is 2980. The Kier molecular flexibility index (Phi) is 16.4. The summed E-state index contributed by atoms with van der Waals surface area (Å²) in [5.41, 5.74) is 18.9. The molecule has 10 rings (SSSR count). The van der Waals surface area contributed by atoms with Crippen molar-refractivity contribution in [3.8, 4) is 78.1 Å². The minimum absolute atomic E-state index is 0. The number of pyridine rings is 2. The summed E-state index contributed by atoms with van der Waals surface area (Å²) in [6, 6.07) is 87.7. The molecule has 329 valence electrons. The van der Waals surface area contributed by atoms with E-state index < -0.39 is 0 Å². The van der Waals surface area contributed by atoms with E-state index in [9.17, 15) is 0 Å². The van der Waals surface area contributed by atoms with Crippen LogP contribution in [0, 0.1) is 12.1 Å². The van der Waals surface area contributed by atoms with E-state index in [1.165, 1.54) is 93.3 Å². The van der Waals surface area contributed by atoms with Crippen LogP contribution in [-0.4, -0.2) is 9.97 Å². The fraction of sp³-hybridized carbons (Fsp3) is 0.0938. The van der Waals surface area contributed by atoms with Gasteiger partial charge in [0.25, 0.3) is 0 Å². The number of hydrogen-bond acceptors (Lipinski definition) is 2. The van der Waals surface area contributed by atoms with Crippen LogP contribution in [0.25, 0.3) is 78.1 Å². The predicted molar refractivity (Wildman–Crippen MR) is 277 cm³/mol. The topological polar surface area (TPSA) is 25.8 Å². The van der Waals surface area contributed by atoms with Crippen molar-refractivity contribution in [2.45, 2.75) is 38.5 Å². The van der Waals surface area contributed by atoms with Gasteiger partial charge in [0.1, 0.15) is 0 Å². The summed E-state index contributed by atoms with van der Waals surface area (Å²) in [6.07, 6.45) is 11.1. The molecule has 2 aromatic heterocycles. The second-order valence-electron chi connectivity index (χ2n) is 16.6. The van der Waals surface area contributed by atoms with Gasteiger partial charge < -0.3 is 9.97 Å². The summed E-state index contributed by atoms with van der Waals surface area (Å²) in [6.45, 7) is 0. The van der Waals surface area contributed by atoms with Crippen molar-refractivity contribution >= 4 is 0 Å². The molecule has 0 fully saturated rings. The maximum atomic E-state index is 4.48. The monoisotopic (exact) mass is 1040 g/mol. The Morgan fingerprint density at radius 3 is 1.10 bits per heavy atom. The first-order chi connectivity index (χ1) is 32.7. The van der Waals surface area contributed by atoms with Gasteiger partial charge in [0.05, 0.1) is 0 Å². The van der Waals surface area contributed by atoms with Crippen LogP contribution in [0.1, 0.15) is 36.8 Å². The summed E-state index contributed by atoms with van der Waals surface area (Å²) in [4.78, 5) is 8.94. The van der Waals surface area contributed by atoms with Gasteiger partial charge >= 0.3 is 0 Å². The van der Waals surface area contributed by atoms with Crippen LogP contribution >= 0.6 is 0 Å². The molecule has 0 aliphatic carbocycles. The molecule has 0 aliphatic heterocycles. The maximum absolute atomic E-state index is 4.48. The first kappa shape index (κ1) is 46.2. The molecule has 0 saturated carbocycles. The Labute approximate surface area is 410 Å². The normalized spacial score (nSPS) is 10.6. The number of rotatable bonds is 14. The first-order valence-corrected chi connectivity index (χ1v) is 23.1. The molecule has 0 bridgehead atoms. The molecule has 8 aromatic carbocycles. The fourth-order valence-corrected chi connectivity index (χ4v) is 8.46. The second-order valence-corrected chi connectivity index (χ2v) is 16.6. The van der Waals surface area contributed by atoms with Gasteiger partial charge in [-0.2, -0.15) is 0 Å². The molecule has 2 heterocycles. The molecule has 10 aromatic rings. The number of nitrogens with zero attached hydrogens (tertiary/aromatic N) is 2. The summed E-state index contributed by atoms with van der Waals surface area (Å²) in [5, 5.41) is 0. The van der Waals surface area contributed by atoms with Gasteiger partial charge in [-0.1, -0.05) is 177 Å². The average Bonchev–Trinajstić information content (AvgIpc) is 3.41. The number of aromatic nitrogens is 2. The third-order valence-corrected chi connectivity index (χ3v) is 12.0. The summed E-state index contributed by atoms with van der Waals surface area (Å²) in [7, 11) is 0. The molecule has 2 nitrogen and oxygen atoms in total. The zero-order valence-corrected chi connectivity index (χ0v) is 40.0. The molecule has 0 saturated heterocycles. The zero-order chi connectivity index (χ0) is 44.6. The van der Waals surface area contributed by atoms with Crippen molar-refractivity contribution in [1.29, 1.82) is 0 Å². The SMILES string of the molecule is [Ir].[c-]1ccc(-c2cccc(-c3cccc(-c4ccccc4)c3)c2)cc1-c1ccccn1.[c-]1ccc(-c2cccc(-c3cccc(CCCCCCc4ccccc4)c3)c2)cc1-c1ccccn1. The van der Waals surface area contributed by atoms with Crippen LogP contribution in [0.5, 0.6) is 0 Å². The van der Waals surface area contributed by atoms with E-state index >= 15 is 0 Å². The Morgan fingerprint density at radius 2 is 0.642 bits per heavy atom. The molecule has 0 amide bonds. The summed E-state index contributed by atoms with van der Waals surface area (Å²) < 4.78 is 0. The van der Waals surface area contributed by atoms with Crippen molar-refractivity contribution in [2.24, 2.45) is 0 Å². The summed E-state index contributed by atoms with van der Waals surface area (Å²) >= 11 is 0. The number of hydrogen-bond donors (Lipinski definition) is 0. The van der Waals surface area contributed by atoms with Crippen LogP contribution in [0.2, 0.25) is 0 Å². The molecule has 0 aliphatic rings. The number of unbranched alkanes of at least 4 members (excludes halogenated alkanes) is 3. The molecule has 3 heteroatoms. The zero-order valence-electron chi connectivity index (χ0n) is 37.6. The van der Waals surface area contributed by atoms with Gasteiger partial charge in [-0.15, -0.1) is 70.8 Å². The Hall–Kier alpha value is -7.29. The van der Waals surface area contributed by atoms with E-state index in [1.54, 1.807) is 0 Å². The van der Waals surface area contributed by atoms with Crippen molar-refractivity contribution in [3.63, 3.8) is 0 Å². The van der Waals surface area contributed by atoms with Crippen LogP contribution < -0.4 is 0 Å². The maximum Gasteiger partial charge on any atom is 0.0160 e. The third-order valence-electron chi connectivity index (χ3n) is 12.0. The smallest absolute Gasteiger partial charge is 0.0160 e. The van der Waals surface area contributed by atoms with Crippen LogP contribution in [-0.2, 0) is 32.9 Å². The van der Waals surface area contributed by atoms with E-state index in [4.69, 9.17) is 0 Å². The molecule has 0 spiro atoms. The first-order valence-electron chi connectivity index (χ1n) is 23.1. The molecule has 0 unspecified atom stereocenters. The quantitative estimate of drug-likeness (QED) is 0.0801. The molecule has 67 heavy (non-hydrogen) atoms. The summed E-state index contributed by atoms with van der Waals surface area (Å²) in [5.74, 6) is 0. The van der Waals surface area contributed by atoms with Gasteiger partial charge in [-0.3, -0.25) is 0 Å². The van der Waals surface area contributed by atoms with E-state index in [0.29, 0.717) is 0 Å². The second kappa shape index (κ2) is 23.8.